The van der Waals surface area contributed by atoms with Crippen molar-refractivity contribution in [3.63, 3.8) is 0 Å². The van der Waals surface area contributed by atoms with Gasteiger partial charge >= 0.3 is 0 Å². The van der Waals surface area contributed by atoms with Crippen LogP contribution < -0.4 is 4.74 Å². The molecule has 3 aromatic rings. The summed E-state index contributed by atoms with van der Waals surface area (Å²) in [6.07, 6.45) is 0.785. The minimum Gasteiger partial charge on any atom is -0.487 e. The van der Waals surface area contributed by atoms with Crippen LogP contribution in [0.25, 0.3) is 11.5 Å². The lowest BCUT2D eigenvalue weighted by Crippen LogP contribution is -1.98. The Balaban J connectivity index is 1.76. The molecule has 1 heterocycles. The normalized spacial score (nSPS) is 10.5. The molecule has 0 atom stereocenters. The summed E-state index contributed by atoms with van der Waals surface area (Å²) in [5.74, 6) is 1.84. The maximum atomic E-state index is 10.8. The van der Waals surface area contributed by atoms with E-state index in [1.807, 2.05) is 19.1 Å². The Morgan fingerprint density at radius 1 is 1.22 bits per heavy atom. The van der Waals surface area contributed by atoms with Crippen LogP contribution in [0, 0.1) is 6.92 Å². The molecule has 0 bridgehead atoms. The number of aldehydes is 1. The lowest BCUT2D eigenvalue weighted by atomic mass is 10.2. The standard InChI is InChI=1S/C18H14ClNO3/c1-12-17(11-22-16-4-2-3-13(9-16)10-21)20-18(23-12)14-5-7-15(19)8-6-14/h2-10H,11H2,1H3. The molecule has 0 spiro atoms. The molecule has 4 nitrogen and oxygen atoms in total. The summed E-state index contributed by atoms with van der Waals surface area (Å²) in [5.41, 5.74) is 2.14. The second kappa shape index (κ2) is 6.67. The van der Waals surface area contributed by atoms with Crippen molar-refractivity contribution in [1.82, 2.24) is 4.98 Å². The van der Waals surface area contributed by atoms with Crippen molar-refractivity contribution in [2.75, 3.05) is 0 Å². The predicted octanol–water partition coefficient (Wildman–Crippen LogP) is 4.69. The molecular formula is C18H14ClNO3. The topological polar surface area (TPSA) is 52.3 Å². The molecule has 3 rings (SSSR count). The van der Waals surface area contributed by atoms with Crippen molar-refractivity contribution < 1.29 is 13.9 Å². The number of halogens is 1. The van der Waals surface area contributed by atoms with Crippen molar-refractivity contribution in [3.8, 4) is 17.2 Å². The van der Waals surface area contributed by atoms with E-state index >= 15 is 0 Å². The van der Waals surface area contributed by atoms with Crippen molar-refractivity contribution in [3.05, 3.63) is 70.6 Å². The maximum absolute atomic E-state index is 10.8. The molecule has 0 saturated carbocycles. The van der Waals surface area contributed by atoms with Crippen molar-refractivity contribution >= 4 is 17.9 Å². The van der Waals surface area contributed by atoms with Gasteiger partial charge in [0.25, 0.3) is 0 Å². The molecule has 5 heteroatoms. The average molecular weight is 328 g/mol. The van der Waals surface area contributed by atoms with Gasteiger partial charge in [-0.1, -0.05) is 23.7 Å². The zero-order chi connectivity index (χ0) is 16.2. The van der Waals surface area contributed by atoms with Gasteiger partial charge in [-0.25, -0.2) is 4.98 Å². The maximum Gasteiger partial charge on any atom is 0.226 e. The number of ether oxygens (including phenoxy) is 1. The highest BCUT2D eigenvalue weighted by Gasteiger charge is 2.12. The highest BCUT2D eigenvalue weighted by Crippen LogP contribution is 2.24. The number of rotatable bonds is 5. The monoisotopic (exact) mass is 327 g/mol. The first-order chi connectivity index (χ1) is 11.2. The Labute approximate surface area is 138 Å². The largest absolute Gasteiger partial charge is 0.487 e. The molecule has 116 valence electrons. The number of carbonyl (C=O) groups is 1. The first-order valence-electron chi connectivity index (χ1n) is 7.06. The Morgan fingerprint density at radius 2 is 2.00 bits per heavy atom. The first kappa shape index (κ1) is 15.3. The Bertz CT molecular complexity index is 825. The lowest BCUT2D eigenvalue weighted by molar-refractivity contribution is 0.112. The number of hydrogen-bond donors (Lipinski definition) is 0. The van der Waals surface area contributed by atoms with Crippen LogP contribution in [0.15, 0.2) is 52.9 Å². The van der Waals surface area contributed by atoms with Crippen LogP contribution in [0.5, 0.6) is 5.75 Å². The molecule has 0 fully saturated rings. The third-order valence-electron chi connectivity index (χ3n) is 3.35. The molecule has 0 amide bonds. The fourth-order valence-corrected chi connectivity index (χ4v) is 2.23. The van der Waals surface area contributed by atoms with Crippen LogP contribution in [0.1, 0.15) is 21.8 Å². The molecule has 2 aromatic carbocycles. The molecule has 0 aliphatic rings. The molecule has 0 N–H and O–H groups in total. The fourth-order valence-electron chi connectivity index (χ4n) is 2.11. The summed E-state index contributed by atoms with van der Waals surface area (Å²) in [7, 11) is 0. The second-order valence-electron chi connectivity index (χ2n) is 5.01. The molecule has 23 heavy (non-hydrogen) atoms. The summed E-state index contributed by atoms with van der Waals surface area (Å²) < 4.78 is 11.4. The van der Waals surface area contributed by atoms with E-state index in [0.717, 1.165) is 11.8 Å². The van der Waals surface area contributed by atoms with Crippen LogP contribution in [-0.4, -0.2) is 11.3 Å². The smallest absolute Gasteiger partial charge is 0.226 e. The number of aromatic nitrogens is 1. The van der Waals surface area contributed by atoms with Gasteiger partial charge < -0.3 is 9.15 Å². The van der Waals surface area contributed by atoms with Gasteiger partial charge in [-0.05, 0) is 43.3 Å². The van der Waals surface area contributed by atoms with Crippen LogP contribution in [0.3, 0.4) is 0 Å². The summed E-state index contributed by atoms with van der Waals surface area (Å²) in [4.78, 5) is 15.2. The first-order valence-corrected chi connectivity index (χ1v) is 7.44. The van der Waals surface area contributed by atoms with Gasteiger partial charge in [0.05, 0.1) is 0 Å². The third kappa shape index (κ3) is 3.60. The van der Waals surface area contributed by atoms with Crippen LogP contribution in [0.4, 0.5) is 0 Å². The molecule has 0 aliphatic heterocycles. The molecule has 0 saturated heterocycles. The fraction of sp³-hybridized carbons (Fsp3) is 0.111. The van der Waals surface area contributed by atoms with Crippen LogP contribution >= 0.6 is 11.6 Å². The van der Waals surface area contributed by atoms with Crippen molar-refractivity contribution in [1.29, 1.82) is 0 Å². The van der Waals surface area contributed by atoms with E-state index in [1.54, 1.807) is 36.4 Å². The second-order valence-corrected chi connectivity index (χ2v) is 5.44. The molecule has 1 aromatic heterocycles. The van der Waals surface area contributed by atoms with E-state index in [0.29, 0.717) is 33.7 Å². The van der Waals surface area contributed by atoms with E-state index < -0.39 is 0 Å². The molecule has 0 unspecified atom stereocenters. The van der Waals surface area contributed by atoms with Crippen LogP contribution in [0.2, 0.25) is 5.02 Å². The predicted molar refractivity (Wildman–Crippen MR) is 87.8 cm³/mol. The minimum absolute atomic E-state index is 0.269. The van der Waals surface area contributed by atoms with Gasteiger partial charge in [0.1, 0.15) is 30.1 Å². The number of benzene rings is 2. The SMILES string of the molecule is Cc1oc(-c2ccc(Cl)cc2)nc1COc1cccc(C=O)c1. The number of carbonyl (C=O) groups excluding carboxylic acids is 1. The van der Waals surface area contributed by atoms with Gasteiger partial charge in [0.15, 0.2) is 0 Å². The van der Waals surface area contributed by atoms with E-state index in [4.69, 9.17) is 20.8 Å². The number of nitrogens with zero attached hydrogens (tertiary/aromatic N) is 1. The highest BCUT2D eigenvalue weighted by atomic mass is 35.5. The Hall–Kier alpha value is -2.59. The highest BCUT2D eigenvalue weighted by molar-refractivity contribution is 6.30. The zero-order valence-corrected chi connectivity index (χ0v) is 13.2. The van der Waals surface area contributed by atoms with Crippen molar-refractivity contribution in [2.45, 2.75) is 13.5 Å². The van der Waals surface area contributed by atoms with Gasteiger partial charge in [-0.2, -0.15) is 0 Å². The van der Waals surface area contributed by atoms with Gasteiger partial charge in [-0.15, -0.1) is 0 Å². The van der Waals surface area contributed by atoms with E-state index in [1.165, 1.54) is 0 Å². The molecular weight excluding hydrogens is 314 g/mol. The number of oxazole rings is 1. The molecule has 0 radical (unpaired) electrons. The summed E-state index contributed by atoms with van der Waals surface area (Å²) >= 11 is 5.88. The zero-order valence-electron chi connectivity index (χ0n) is 12.5. The number of hydrogen-bond acceptors (Lipinski definition) is 4. The van der Waals surface area contributed by atoms with Gasteiger partial charge in [-0.3, -0.25) is 4.79 Å². The average Bonchev–Trinajstić information content (AvgIpc) is 2.95. The lowest BCUT2D eigenvalue weighted by Gasteiger charge is -2.04. The Kier molecular flexibility index (Phi) is 4.44. The Morgan fingerprint density at radius 3 is 2.74 bits per heavy atom. The summed E-state index contributed by atoms with van der Waals surface area (Å²) in [6, 6.07) is 14.3. The summed E-state index contributed by atoms with van der Waals surface area (Å²) in [6.45, 7) is 2.11. The summed E-state index contributed by atoms with van der Waals surface area (Å²) in [5, 5.41) is 0.663. The van der Waals surface area contributed by atoms with Gasteiger partial charge in [0.2, 0.25) is 5.89 Å². The third-order valence-corrected chi connectivity index (χ3v) is 3.61. The quantitative estimate of drug-likeness (QED) is 0.638. The van der Waals surface area contributed by atoms with E-state index in [9.17, 15) is 4.79 Å². The van der Waals surface area contributed by atoms with Crippen molar-refractivity contribution in [2.24, 2.45) is 0 Å². The van der Waals surface area contributed by atoms with E-state index in [-0.39, 0.29) is 6.61 Å². The minimum atomic E-state index is 0.269. The van der Waals surface area contributed by atoms with Gasteiger partial charge in [0, 0.05) is 16.1 Å². The molecule has 0 aliphatic carbocycles. The van der Waals surface area contributed by atoms with Crippen LogP contribution in [-0.2, 0) is 6.61 Å². The van der Waals surface area contributed by atoms with E-state index in [2.05, 4.69) is 4.98 Å². The number of aryl methyl sites for hydroxylation is 1.